The molecule has 0 aliphatic rings. The lowest BCUT2D eigenvalue weighted by Gasteiger charge is -1.77. The predicted molar refractivity (Wildman–Crippen MR) is 43.1 cm³/mol. The molecule has 0 amide bonds. The normalized spacial score (nSPS) is 6.12. The molecule has 0 aromatic carbocycles. The van der Waals surface area contributed by atoms with Gasteiger partial charge in [0.1, 0.15) is 4.84 Å². The molecule has 2 N–H and O–H groups in total. The van der Waals surface area contributed by atoms with Gasteiger partial charge in [0.25, 0.3) is 0 Å². The summed E-state index contributed by atoms with van der Waals surface area (Å²) in [5, 5.41) is 0. The van der Waals surface area contributed by atoms with Crippen LogP contribution < -0.4 is 5.73 Å². The van der Waals surface area contributed by atoms with Gasteiger partial charge in [0.05, 0.1) is 0 Å². The van der Waals surface area contributed by atoms with Crippen LogP contribution in [0.1, 0.15) is 0 Å². The van der Waals surface area contributed by atoms with E-state index in [-0.39, 0.29) is 12.4 Å². The van der Waals surface area contributed by atoms with Crippen molar-refractivity contribution in [3.63, 3.8) is 0 Å². The Hall–Kier alpha value is 0.570. The van der Waals surface area contributed by atoms with Gasteiger partial charge in [-0.1, -0.05) is 6.08 Å². The fourth-order valence-corrected chi connectivity index (χ4v) is 0. The highest BCUT2D eigenvalue weighted by Gasteiger charge is 1.80. The van der Waals surface area contributed by atoms with E-state index in [0.717, 1.165) is 0 Å². The lowest BCUT2D eigenvalue weighted by Crippen LogP contribution is -1.69. The second-order valence-electron chi connectivity index (χ2n) is 0.570. The van der Waals surface area contributed by atoms with Crippen LogP contribution in [0.3, 0.4) is 0 Å². The Morgan fingerprint density at radius 3 is 1.62 bits per heavy atom. The van der Waals surface area contributed by atoms with Crippen LogP contribution in [-0.2, 0) is 0 Å². The second-order valence-corrected chi connectivity index (χ2v) is 1.73. The molecule has 0 fully saturated rings. The summed E-state index contributed by atoms with van der Waals surface area (Å²) >= 11 is 10.2. The molecular weight excluding hydrogens is 168 g/mol. The van der Waals surface area contributed by atoms with Crippen LogP contribution in [0.4, 0.5) is 0 Å². The van der Waals surface area contributed by atoms with Crippen LogP contribution in [0.5, 0.6) is 0 Å². The summed E-state index contributed by atoms with van der Waals surface area (Å²) in [6.45, 7) is 3.30. The smallest absolute Gasteiger partial charge is 0.125 e. The van der Waals surface area contributed by atoms with E-state index in [0.29, 0.717) is 0 Å². The molecule has 0 aliphatic carbocycles. The Morgan fingerprint density at radius 1 is 1.50 bits per heavy atom. The summed E-state index contributed by atoms with van der Waals surface area (Å²) in [5.74, 6) is 0. The Balaban J connectivity index is -0.0000000750. The van der Waals surface area contributed by atoms with Crippen LogP contribution in [-0.4, -0.2) is 11.9 Å². The third-order valence-corrected chi connectivity index (χ3v) is 0.535. The van der Waals surface area contributed by atoms with Gasteiger partial charge in [0, 0.05) is 0 Å². The summed E-state index contributed by atoms with van der Waals surface area (Å²) in [4.78, 5) is -0.407. The van der Waals surface area contributed by atoms with Gasteiger partial charge in [-0.05, 0) is 7.05 Å². The largest absolute Gasteiger partial charge is 0.333 e. The fourth-order valence-electron chi connectivity index (χ4n) is 0. The number of hydrogen-bond acceptors (Lipinski definition) is 1. The van der Waals surface area contributed by atoms with E-state index in [1.807, 2.05) is 0 Å². The minimum Gasteiger partial charge on any atom is -0.333 e. The molecule has 0 unspecified atom stereocenters. The molecule has 0 atom stereocenters. The van der Waals surface area contributed by atoms with Crippen molar-refractivity contribution in [3.8, 4) is 0 Å². The predicted octanol–water partition coefficient (Wildman–Crippen LogP) is 1.97. The van der Waals surface area contributed by atoms with Crippen molar-refractivity contribution in [3.05, 3.63) is 12.7 Å². The molecule has 0 saturated carbocycles. The van der Waals surface area contributed by atoms with Crippen molar-refractivity contribution in [1.29, 1.82) is 0 Å². The van der Waals surface area contributed by atoms with Crippen LogP contribution in [0.25, 0.3) is 0 Å². The maximum Gasteiger partial charge on any atom is 0.125 e. The topological polar surface area (TPSA) is 26.0 Å². The highest BCUT2D eigenvalue weighted by atomic mass is 35.5. The number of alkyl halides is 2. The summed E-state index contributed by atoms with van der Waals surface area (Å²) in [7, 11) is 1.50. The van der Waals surface area contributed by atoms with E-state index in [9.17, 15) is 0 Å². The molecule has 0 saturated heterocycles. The lowest BCUT2D eigenvalue weighted by molar-refractivity contribution is 1.48. The standard InChI is InChI=1S/C3H4Cl2.CH5N.ClH/c1-2-3(4)5;1-2;/h2-3H,1H2;2H2,1H3;1H. The first kappa shape index (κ1) is 15.8. The number of allylic oxidation sites excluding steroid dienone is 1. The maximum atomic E-state index is 5.11. The maximum absolute atomic E-state index is 5.11. The summed E-state index contributed by atoms with van der Waals surface area (Å²) in [5.41, 5.74) is 4.50. The van der Waals surface area contributed by atoms with Gasteiger partial charge in [0.15, 0.2) is 0 Å². The molecule has 0 aromatic rings. The summed E-state index contributed by atoms with van der Waals surface area (Å²) in [6, 6.07) is 0. The van der Waals surface area contributed by atoms with Crippen molar-refractivity contribution in [2.45, 2.75) is 4.84 Å². The van der Waals surface area contributed by atoms with Gasteiger partial charge in [0.2, 0.25) is 0 Å². The van der Waals surface area contributed by atoms with Crippen molar-refractivity contribution in [2.75, 3.05) is 7.05 Å². The molecule has 52 valence electrons. The van der Waals surface area contributed by atoms with Gasteiger partial charge in [-0.2, -0.15) is 0 Å². The zero-order chi connectivity index (χ0) is 6.28. The number of nitrogens with two attached hydrogens (primary N) is 1. The molecule has 0 aliphatic heterocycles. The highest BCUT2D eigenvalue weighted by molar-refractivity contribution is 6.45. The third kappa shape index (κ3) is 30.9. The highest BCUT2D eigenvalue weighted by Crippen LogP contribution is 1.99. The van der Waals surface area contributed by atoms with E-state index in [2.05, 4.69) is 12.3 Å². The quantitative estimate of drug-likeness (QED) is 0.482. The van der Waals surface area contributed by atoms with Crippen molar-refractivity contribution in [2.24, 2.45) is 5.73 Å². The van der Waals surface area contributed by atoms with E-state index in [1.165, 1.54) is 13.1 Å². The molecule has 0 radical (unpaired) electrons. The van der Waals surface area contributed by atoms with Crippen molar-refractivity contribution >= 4 is 35.6 Å². The monoisotopic (exact) mass is 177 g/mol. The molecule has 0 aromatic heterocycles. The van der Waals surface area contributed by atoms with E-state index in [1.54, 1.807) is 0 Å². The fraction of sp³-hybridized carbons (Fsp3) is 0.500. The van der Waals surface area contributed by atoms with Crippen LogP contribution in [0.15, 0.2) is 12.7 Å². The van der Waals surface area contributed by atoms with E-state index < -0.39 is 4.84 Å². The Morgan fingerprint density at radius 2 is 1.62 bits per heavy atom. The minimum atomic E-state index is -0.407. The molecular formula is C4H10Cl3N. The molecule has 0 rings (SSSR count). The van der Waals surface area contributed by atoms with Crippen molar-refractivity contribution < 1.29 is 0 Å². The van der Waals surface area contributed by atoms with Gasteiger partial charge < -0.3 is 5.73 Å². The molecule has 0 spiro atoms. The zero-order valence-corrected chi connectivity index (χ0v) is 6.93. The first-order valence-corrected chi connectivity index (χ1v) is 2.63. The lowest BCUT2D eigenvalue weighted by atomic mass is 10.8. The molecule has 4 heteroatoms. The SMILES string of the molecule is C=CC(Cl)Cl.CN.Cl. The molecule has 0 bridgehead atoms. The van der Waals surface area contributed by atoms with Gasteiger partial charge in [-0.15, -0.1) is 42.2 Å². The molecule has 0 heterocycles. The third-order valence-electron chi connectivity index (χ3n) is 0.178. The van der Waals surface area contributed by atoms with E-state index in [4.69, 9.17) is 23.2 Å². The Bertz CT molecular complexity index is 38.3. The average Bonchev–Trinajstić information content (AvgIpc) is 1.73. The van der Waals surface area contributed by atoms with Gasteiger partial charge in [-0.3, -0.25) is 0 Å². The van der Waals surface area contributed by atoms with Gasteiger partial charge >= 0.3 is 0 Å². The number of rotatable bonds is 1. The van der Waals surface area contributed by atoms with Crippen LogP contribution >= 0.6 is 35.6 Å². The molecule has 8 heavy (non-hydrogen) atoms. The first-order chi connectivity index (χ1) is 3.27. The first-order valence-electron chi connectivity index (χ1n) is 1.76. The molecule has 1 nitrogen and oxygen atoms in total. The van der Waals surface area contributed by atoms with Crippen LogP contribution in [0.2, 0.25) is 0 Å². The zero-order valence-electron chi connectivity index (χ0n) is 4.60. The summed E-state index contributed by atoms with van der Waals surface area (Å²) < 4.78 is 0. The average molecular weight is 178 g/mol. The number of halogens is 3. The Kier molecular flexibility index (Phi) is 31.0. The van der Waals surface area contributed by atoms with Gasteiger partial charge in [-0.25, -0.2) is 0 Å². The summed E-state index contributed by atoms with van der Waals surface area (Å²) in [6.07, 6.45) is 1.45. The van der Waals surface area contributed by atoms with Crippen LogP contribution in [0, 0.1) is 0 Å². The second kappa shape index (κ2) is 15.6. The van der Waals surface area contributed by atoms with Crippen molar-refractivity contribution in [1.82, 2.24) is 0 Å². The number of hydrogen-bond donors (Lipinski definition) is 1. The minimum absolute atomic E-state index is 0. The van der Waals surface area contributed by atoms with E-state index >= 15 is 0 Å². The Labute approximate surface area is 66.2 Å².